The third-order valence-electron chi connectivity index (χ3n) is 3.71. The fraction of sp³-hybridized carbons (Fsp3) is 0.105. The fourth-order valence-electron chi connectivity index (χ4n) is 2.55. The summed E-state index contributed by atoms with van der Waals surface area (Å²) in [5, 5.41) is 1.50. The van der Waals surface area contributed by atoms with Gasteiger partial charge in [-0.25, -0.2) is 4.39 Å². The van der Waals surface area contributed by atoms with E-state index in [1.165, 1.54) is 6.07 Å². The summed E-state index contributed by atoms with van der Waals surface area (Å²) >= 11 is 0. The smallest absolute Gasteiger partial charge is 0.162 e. The molecule has 0 saturated heterocycles. The number of hydrogen-bond donors (Lipinski definition) is 0. The monoisotopic (exact) mass is 278 g/mol. The van der Waals surface area contributed by atoms with E-state index in [-0.39, 0.29) is 11.6 Å². The highest BCUT2D eigenvalue weighted by Gasteiger charge is 2.08. The Morgan fingerprint density at radius 2 is 1.57 bits per heavy atom. The minimum absolute atomic E-state index is 0.130. The van der Waals surface area contributed by atoms with Gasteiger partial charge in [-0.3, -0.25) is 4.79 Å². The molecule has 0 heterocycles. The predicted molar refractivity (Wildman–Crippen MR) is 84.0 cm³/mol. The molecule has 0 atom stereocenters. The van der Waals surface area contributed by atoms with Crippen molar-refractivity contribution in [3.8, 4) is 11.1 Å². The summed E-state index contributed by atoms with van der Waals surface area (Å²) in [6, 6.07) is 18.2. The van der Waals surface area contributed by atoms with Gasteiger partial charge in [0.25, 0.3) is 0 Å². The highest BCUT2D eigenvalue weighted by atomic mass is 19.1. The molecule has 0 aliphatic heterocycles. The van der Waals surface area contributed by atoms with Gasteiger partial charge in [-0.2, -0.15) is 0 Å². The van der Waals surface area contributed by atoms with Crippen molar-refractivity contribution in [3.63, 3.8) is 0 Å². The Morgan fingerprint density at radius 3 is 2.24 bits per heavy atom. The summed E-state index contributed by atoms with van der Waals surface area (Å²) in [6.07, 6.45) is 0.499. The number of carbonyl (C=O) groups excluding carboxylic acids is 1. The van der Waals surface area contributed by atoms with Gasteiger partial charge in [-0.15, -0.1) is 0 Å². The maximum absolute atomic E-state index is 13.9. The van der Waals surface area contributed by atoms with Crippen LogP contribution in [0.5, 0.6) is 0 Å². The Hall–Kier alpha value is -2.48. The van der Waals surface area contributed by atoms with Crippen LogP contribution in [0.15, 0.2) is 60.7 Å². The summed E-state index contributed by atoms with van der Waals surface area (Å²) in [6.45, 7) is 1.85. The largest absolute Gasteiger partial charge is 0.294 e. The van der Waals surface area contributed by atoms with Crippen molar-refractivity contribution in [2.45, 2.75) is 13.3 Å². The molecule has 0 fully saturated rings. The lowest BCUT2D eigenvalue weighted by Gasteiger charge is -2.08. The third kappa shape index (κ3) is 2.45. The topological polar surface area (TPSA) is 17.1 Å². The standard InChI is InChI=1S/C19H15FO/c1-2-19(21)14-9-7-13(8-10-14)15-11-12-18(20)17-6-4-3-5-16(15)17/h3-12H,2H2,1H3. The third-order valence-corrected chi connectivity index (χ3v) is 3.71. The van der Waals surface area contributed by atoms with Crippen LogP contribution >= 0.6 is 0 Å². The Balaban J connectivity index is 2.13. The minimum Gasteiger partial charge on any atom is -0.294 e. The van der Waals surface area contributed by atoms with Gasteiger partial charge in [-0.1, -0.05) is 61.5 Å². The SMILES string of the molecule is CCC(=O)c1ccc(-c2ccc(F)c3ccccc23)cc1. The molecule has 3 aromatic carbocycles. The fourth-order valence-corrected chi connectivity index (χ4v) is 2.55. The number of benzene rings is 3. The number of rotatable bonds is 3. The summed E-state index contributed by atoms with van der Waals surface area (Å²) in [5.74, 6) is -0.0855. The van der Waals surface area contributed by atoms with Gasteiger partial charge in [0.2, 0.25) is 0 Å². The van der Waals surface area contributed by atoms with Crippen molar-refractivity contribution in [2.24, 2.45) is 0 Å². The van der Waals surface area contributed by atoms with Crippen LogP contribution in [0.25, 0.3) is 21.9 Å². The minimum atomic E-state index is -0.216. The first-order valence-electron chi connectivity index (χ1n) is 7.01. The zero-order valence-corrected chi connectivity index (χ0v) is 11.8. The van der Waals surface area contributed by atoms with Gasteiger partial charge in [0.15, 0.2) is 5.78 Å². The van der Waals surface area contributed by atoms with Crippen molar-refractivity contribution < 1.29 is 9.18 Å². The molecule has 0 N–H and O–H groups in total. The molecule has 21 heavy (non-hydrogen) atoms. The number of ketones is 1. The quantitative estimate of drug-likeness (QED) is 0.599. The second-order valence-corrected chi connectivity index (χ2v) is 4.99. The van der Waals surface area contributed by atoms with E-state index in [2.05, 4.69) is 0 Å². The number of halogens is 1. The van der Waals surface area contributed by atoms with Crippen LogP contribution in [0.3, 0.4) is 0 Å². The van der Waals surface area contributed by atoms with E-state index in [9.17, 15) is 9.18 Å². The summed E-state index contributed by atoms with van der Waals surface area (Å²) in [7, 11) is 0. The van der Waals surface area contributed by atoms with Crippen molar-refractivity contribution in [2.75, 3.05) is 0 Å². The molecule has 104 valence electrons. The molecule has 3 rings (SSSR count). The van der Waals surface area contributed by atoms with E-state index in [4.69, 9.17) is 0 Å². The molecule has 0 spiro atoms. The van der Waals surface area contributed by atoms with E-state index in [0.717, 1.165) is 16.5 Å². The lowest BCUT2D eigenvalue weighted by atomic mass is 9.96. The number of Topliss-reactive ketones (excluding diaryl/α,β-unsaturated/α-hetero) is 1. The van der Waals surface area contributed by atoms with Crippen LogP contribution in [0.4, 0.5) is 4.39 Å². The average Bonchev–Trinajstić information content (AvgIpc) is 2.55. The van der Waals surface area contributed by atoms with Crippen LogP contribution < -0.4 is 0 Å². The van der Waals surface area contributed by atoms with Crippen LogP contribution in [0, 0.1) is 5.82 Å². The van der Waals surface area contributed by atoms with Gasteiger partial charge >= 0.3 is 0 Å². The van der Waals surface area contributed by atoms with Gasteiger partial charge in [0, 0.05) is 17.4 Å². The van der Waals surface area contributed by atoms with Crippen molar-refractivity contribution >= 4 is 16.6 Å². The highest BCUT2D eigenvalue weighted by molar-refractivity contribution is 5.99. The zero-order chi connectivity index (χ0) is 14.8. The molecule has 0 saturated carbocycles. The van der Waals surface area contributed by atoms with Crippen LogP contribution in [0.2, 0.25) is 0 Å². The van der Waals surface area contributed by atoms with Gasteiger partial charge < -0.3 is 0 Å². The first-order valence-corrected chi connectivity index (χ1v) is 7.01. The maximum Gasteiger partial charge on any atom is 0.162 e. The second kappa shape index (κ2) is 5.49. The molecule has 0 aliphatic rings. The second-order valence-electron chi connectivity index (χ2n) is 4.99. The van der Waals surface area contributed by atoms with E-state index >= 15 is 0 Å². The first kappa shape index (κ1) is 13.5. The molecular weight excluding hydrogens is 263 g/mol. The Kier molecular flexibility index (Phi) is 3.53. The molecule has 2 heteroatoms. The Morgan fingerprint density at radius 1 is 0.905 bits per heavy atom. The van der Waals surface area contributed by atoms with Crippen LogP contribution in [-0.2, 0) is 0 Å². The molecular formula is C19H15FO. The molecule has 0 aromatic heterocycles. The van der Waals surface area contributed by atoms with Crippen molar-refractivity contribution in [1.29, 1.82) is 0 Å². The normalized spacial score (nSPS) is 10.8. The van der Waals surface area contributed by atoms with E-state index in [0.29, 0.717) is 17.4 Å². The van der Waals surface area contributed by atoms with Gasteiger partial charge in [-0.05, 0) is 22.6 Å². The van der Waals surface area contributed by atoms with Gasteiger partial charge in [0.05, 0.1) is 0 Å². The summed E-state index contributed by atoms with van der Waals surface area (Å²) in [4.78, 5) is 11.7. The van der Waals surface area contributed by atoms with Crippen LogP contribution in [-0.4, -0.2) is 5.78 Å². The molecule has 0 aliphatic carbocycles. The summed E-state index contributed by atoms with van der Waals surface area (Å²) in [5.41, 5.74) is 2.68. The molecule has 1 nitrogen and oxygen atoms in total. The Bertz CT molecular complexity index is 803. The predicted octanol–water partition coefficient (Wildman–Crippen LogP) is 5.24. The lowest BCUT2D eigenvalue weighted by Crippen LogP contribution is -1.95. The number of hydrogen-bond acceptors (Lipinski definition) is 1. The van der Waals surface area contributed by atoms with E-state index < -0.39 is 0 Å². The molecule has 3 aromatic rings. The summed E-state index contributed by atoms with van der Waals surface area (Å²) < 4.78 is 13.9. The number of fused-ring (bicyclic) bond motifs is 1. The molecule has 0 amide bonds. The van der Waals surface area contributed by atoms with E-state index in [1.54, 1.807) is 12.1 Å². The first-order chi connectivity index (χ1) is 10.2. The average molecular weight is 278 g/mol. The molecule has 0 bridgehead atoms. The van der Waals surface area contributed by atoms with Crippen LogP contribution in [0.1, 0.15) is 23.7 Å². The Labute approximate surface area is 123 Å². The number of carbonyl (C=O) groups is 1. The van der Waals surface area contributed by atoms with Gasteiger partial charge in [0.1, 0.15) is 5.82 Å². The van der Waals surface area contributed by atoms with E-state index in [1.807, 2.05) is 49.4 Å². The zero-order valence-electron chi connectivity index (χ0n) is 11.8. The maximum atomic E-state index is 13.9. The van der Waals surface area contributed by atoms with Crippen molar-refractivity contribution in [3.05, 3.63) is 72.0 Å². The molecule has 0 radical (unpaired) electrons. The molecule has 0 unspecified atom stereocenters. The lowest BCUT2D eigenvalue weighted by molar-refractivity contribution is 0.0988. The van der Waals surface area contributed by atoms with Crippen molar-refractivity contribution in [1.82, 2.24) is 0 Å². The highest BCUT2D eigenvalue weighted by Crippen LogP contribution is 2.30.